The molecular formula is C36H43N7O3S. The number of pyridine rings is 1. The van der Waals surface area contributed by atoms with E-state index in [2.05, 4.69) is 41.3 Å². The van der Waals surface area contributed by atoms with Gasteiger partial charge in [0, 0.05) is 42.6 Å². The molecule has 4 heterocycles. The van der Waals surface area contributed by atoms with Gasteiger partial charge >= 0.3 is 6.03 Å². The maximum atomic E-state index is 13.0. The standard InChI is InChI=1S/C36H43N7O3S/c1-36(2,3)32-23-34(43(40-32)21-20-41-17-6-5-7-18-41)39-35(44)38-24-26-8-10-28(11-9-26)31-25-37-33-22-29(16-19-42(31)33)27-12-14-30(15-13-27)47(4,45)46/h8-16,19,22-23,25H,5-7,17-18,20-21,24H2,1-4H3,(H2,38,39,44). The van der Waals surface area contributed by atoms with Crippen LogP contribution in [-0.4, -0.2) is 64.4 Å². The smallest absolute Gasteiger partial charge is 0.320 e. The highest BCUT2D eigenvalue weighted by Crippen LogP contribution is 2.27. The van der Waals surface area contributed by atoms with Crippen molar-refractivity contribution >= 4 is 27.3 Å². The fourth-order valence-electron chi connectivity index (χ4n) is 5.88. The van der Waals surface area contributed by atoms with Gasteiger partial charge in [0.1, 0.15) is 11.5 Å². The number of amides is 2. The molecule has 1 saturated heterocycles. The molecule has 3 aromatic heterocycles. The molecule has 11 heteroatoms. The highest BCUT2D eigenvalue weighted by atomic mass is 32.2. The molecule has 2 N–H and O–H groups in total. The van der Waals surface area contributed by atoms with Crippen molar-refractivity contribution in [3.8, 4) is 22.4 Å². The van der Waals surface area contributed by atoms with Gasteiger partial charge < -0.3 is 10.2 Å². The summed E-state index contributed by atoms with van der Waals surface area (Å²) in [6.45, 7) is 10.7. The number of carbonyl (C=O) groups is 1. The summed E-state index contributed by atoms with van der Waals surface area (Å²) < 4.78 is 27.6. The molecule has 5 aromatic rings. The number of fused-ring (bicyclic) bond motifs is 1. The van der Waals surface area contributed by atoms with Crippen LogP contribution >= 0.6 is 0 Å². The Balaban J connectivity index is 1.08. The lowest BCUT2D eigenvalue weighted by molar-refractivity contribution is 0.218. The van der Waals surface area contributed by atoms with E-state index in [0.717, 1.165) is 65.5 Å². The van der Waals surface area contributed by atoms with Gasteiger partial charge in [0.2, 0.25) is 0 Å². The molecule has 0 spiro atoms. The van der Waals surface area contributed by atoms with Crippen molar-refractivity contribution in [3.63, 3.8) is 0 Å². The highest BCUT2D eigenvalue weighted by molar-refractivity contribution is 7.90. The molecular weight excluding hydrogens is 611 g/mol. The van der Waals surface area contributed by atoms with Gasteiger partial charge in [0.15, 0.2) is 9.84 Å². The molecule has 0 aliphatic carbocycles. The van der Waals surface area contributed by atoms with Crippen molar-refractivity contribution in [1.29, 1.82) is 0 Å². The normalized spacial score (nSPS) is 14.4. The predicted octanol–water partition coefficient (Wildman–Crippen LogP) is 6.37. The largest absolute Gasteiger partial charge is 0.334 e. The second-order valence-corrected chi connectivity index (χ2v) is 15.4. The van der Waals surface area contributed by atoms with E-state index in [-0.39, 0.29) is 11.4 Å². The molecule has 1 aliphatic rings. The van der Waals surface area contributed by atoms with E-state index < -0.39 is 9.84 Å². The summed E-state index contributed by atoms with van der Waals surface area (Å²) in [5, 5.41) is 10.9. The monoisotopic (exact) mass is 653 g/mol. The molecule has 0 saturated carbocycles. The molecule has 246 valence electrons. The number of nitrogens with zero attached hydrogens (tertiary/aromatic N) is 5. The molecule has 2 aromatic carbocycles. The lowest BCUT2D eigenvalue weighted by Crippen LogP contribution is -2.33. The Kier molecular flexibility index (Phi) is 9.20. The fourth-order valence-corrected chi connectivity index (χ4v) is 6.51. The number of piperidine rings is 1. The zero-order valence-corrected chi connectivity index (χ0v) is 28.3. The van der Waals surface area contributed by atoms with E-state index >= 15 is 0 Å². The molecule has 6 rings (SSSR count). The van der Waals surface area contributed by atoms with Crippen molar-refractivity contribution in [1.82, 2.24) is 29.4 Å². The summed E-state index contributed by atoms with van der Waals surface area (Å²) in [6, 6.07) is 20.6. The van der Waals surface area contributed by atoms with Crippen LogP contribution in [0.1, 0.15) is 51.3 Å². The summed E-state index contributed by atoms with van der Waals surface area (Å²) >= 11 is 0. The SMILES string of the molecule is CC(C)(C)c1cc(NC(=O)NCc2ccc(-c3cnc4cc(-c5ccc(S(C)(=O)=O)cc5)ccn34)cc2)n(CCN2CCCCC2)n1. The van der Waals surface area contributed by atoms with Gasteiger partial charge in [-0.2, -0.15) is 5.10 Å². The average molecular weight is 654 g/mol. The van der Waals surface area contributed by atoms with Crippen molar-refractivity contribution in [2.24, 2.45) is 0 Å². The predicted molar refractivity (Wildman–Crippen MR) is 186 cm³/mol. The van der Waals surface area contributed by atoms with Crippen molar-refractivity contribution < 1.29 is 13.2 Å². The number of sulfone groups is 1. The summed E-state index contributed by atoms with van der Waals surface area (Å²) in [6.07, 6.45) is 8.81. The summed E-state index contributed by atoms with van der Waals surface area (Å²) in [4.78, 5) is 20.4. The second-order valence-electron chi connectivity index (χ2n) is 13.4. The molecule has 2 amide bonds. The number of nitrogens with one attached hydrogen (secondary N) is 2. The van der Waals surface area contributed by atoms with Crippen LogP contribution in [0.2, 0.25) is 0 Å². The number of anilines is 1. The third kappa shape index (κ3) is 7.74. The van der Waals surface area contributed by atoms with Gasteiger partial charge in [-0.1, -0.05) is 63.6 Å². The van der Waals surface area contributed by atoms with Gasteiger partial charge in [-0.15, -0.1) is 0 Å². The Labute approximate surface area is 276 Å². The first-order valence-electron chi connectivity index (χ1n) is 16.2. The molecule has 47 heavy (non-hydrogen) atoms. The van der Waals surface area contributed by atoms with Crippen LogP contribution in [-0.2, 0) is 28.3 Å². The van der Waals surface area contributed by atoms with Crippen LogP contribution in [0, 0.1) is 0 Å². The summed E-state index contributed by atoms with van der Waals surface area (Å²) in [7, 11) is -3.24. The molecule has 0 unspecified atom stereocenters. The van der Waals surface area contributed by atoms with Crippen molar-refractivity contribution in [2.75, 3.05) is 31.2 Å². The van der Waals surface area contributed by atoms with Crippen LogP contribution in [0.25, 0.3) is 28.0 Å². The van der Waals surface area contributed by atoms with E-state index in [1.807, 2.05) is 76.1 Å². The van der Waals surface area contributed by atoms with E-state index in [1.165, 1.54) is 25.5 Å². The van der Waals surface area contributed by atoms with Crippen LogP contribution in [0.4, 0.5) is 10.6 Å². The molecule has 1 aliphatic heterocycles. The minimum Gasteiger partial charge on any atom is -0.334 e. The Hall–Kier alpha value is -4.48. The van der Waals surface area contributed by atoms with Crippen LogP contribution in [0.15, 0.2) is 84.0 Å². The number of urea groups is 1. The van der Waals surface area contributed by atoms with E-state index in [4.69, 9.17) is 5.10 Å². The number of hydrogen-bond donors (Lipinski definition) is 2. The minimum atomic E-state index is -3.24. The first-order valence-corrected chi connectivity index (χ1v) is 18.1. The number of imidazole rings is 1. The number of hydrogen-bond acceptors (Lipinski definition) is 6. The van der Waals surface area contributed by atoms with Crippen LogP contribution < -0.4 is 10.6 Å². The van der Waals surface area contributed by atoms with Gasteiger partial charge in [-0.3, -0.25) is 9.72 Å². The van der Waals surface area contributed by atoms with Crippen molar-refractivity contribution in [2.45, 2.75) is 63.4 Å². The second kappa shape index (κ2) is 13.3. The Bertz CT molecular complexity index is 1970. The number of aromatic nitrogens is 4. The van der Waals surface area contributed by atoms with Crippen LogP contribution in [0.5, 0.6) is 0 Å². The zero-order valence-electron chi connectivity index (χ0n) is 27.5. The topological polar surface area (TPSA) is 114 Å². The van der Waals surface area contributed by atoms with Crippen LogP contribution in [0.3, 0.4) is 0 Å². The van der Waals surface area contributed by atoms with Gasteiger partial charge in [0.05, 0.1) is 29.0 Å². The molecule has 0 radical (unpaired) electrons. The molecule has 0 bridgehead atoms. The number of rotatable bonds is 9. The maximum absolute atomic E-state index is 13.0. The third-order valence-corrected chi connectivity index (χ3v) is 9.83. The molecule has 0 atom stereocenters. The Morgan fingerprint density at radius 3 is 2.26 bits per heavy atom. The van der Waals surface area contributed by atoms with E-state index in [1.54, 1.807) is 12.1 Å². The molecule has 1 fully saturated rings. The maximum Gasteiger partial charge on any atom is 0.320 e. The first kappa shape index (κ1) is 32.5. The third-order valence-electron chi connectivity index (χ3n) is 8.70. The Morgan fingerprint density at radius 1 is 0.872 bits per heavy atom. The summed E-state index contributed by atoms with van der Waals surface area (Å²) in [5.74, 6) is 0.710. The quantitative estimate of drug-likeness (QED) is 0.191. The highest BCUT2D eigenvalue weighted by Gasteiger charge is 2.21. The molecule has 10 nitrogen and oxygen atoms in total. The zero-order chi connectivity index (χ0) is 33.2. The van der Waals surface area contributed by atoms with Gasteiger partial charge in [0.25, 0.3) is 0 Å². The van der Waals surface area contributed by atoms with Gasteiger partial charge in [-0.05, 0) is 66.9 Å². The Morgan fingerprint density at radius 2 is 1.57 bits per heavy atom. The first-order chi connectivity index (χ1) is 22.4. The number of carbonyl (C=O) groups excluding carboxylic acids is 1. The average Bonchev–Trinajstić information content (AvgIpc) is 3.67. The fraction of sp³-hybridized carbons (Fsp3) is 0.361. The lowest BCUT2D eigenvalue weighted by atomic mass is 9.92. The van der Waals surface area contributed by atoms with Crippen molar-refractivity contribution in [3.05, 3.63) is 90.4 Å². The number of benzene rings is 2. The van der Waals surface area contributed by atoms with E-state index in [9.17, 15) is 13.2 Å². The summed E-state index contributed by atoms with van der Waals surface area (Å²) in [5.41, 5.74) is 6.42. The number of likely N-dealkylation sites (tertiary alicyclic amines) is 1. The lowest BCUT2D eigenvalue weighted by Gasteiger charge is -2.26. The minimum absolute atomic E-state index is 0.123. The van der Waals surface area contributed by atoms with E-state index in [0.29, 0.717) is 17.3 Å². The van der Waals surface area contributed by atoms with Gasteiger partial charge in [-0.25, -0.2) is 22.9 Å².